The van der Waals surface area contributed by atoms with Gasteiger partial charge in [-0.05, 0) is 12.1 Å². The highest BCUT2D eigenvalue weighted by atomic mass is 35.5. The van der Waals surface area contributed by atoms with Crippen molar-refractivity contribution in [3.05, 3.63) is 33.3 Å². The third kappa shape index (κ3) is 6.72. The zero-order valence-corrected chi connectivity index (χ0v) is 12.5. The van der Waals surface area contributed by atoms with E-state index in [2.05, 4.69) is 0 Å². The Balaban J connectivity index is 2.21. The predicted molar refractivity (Wildman–Crippen MR) is 77.1 cm³/mol. The number of nitrogens with zero attached hydrogens (tertiary/aromatic N) is 1. The molecule has 0 saturated carbocycles. The third-order valence-electron chi connectivity index (χ3n) is 2.42. The minimum absolute atomic E-state index is 0.0463. The Morgan fingerprint density at radius 3 is 2.33 bits per heavy atom. The first-order valence-corrected chi connectivity index (χ1v) is 6.74. The Labute approximate surface area is 127 Å². The second-order valence-corrected chi connectivity index (χ2v) is 4.32. The standard InChI is InChI=1S/C13H18ClNO6/c1-18-5-6-19-7-8-20-9-10-21-12-4-2-3-11(14)13(12)15(16)17/h2-4H,5-10H2,1H3. The molecule has 0 fully saturated rings. The van der Waals surface area contributed by atoms with Gasteiger partial charge in [0.15, 0.2) is 5.75 Å². The lowest BCUT2D eigenvalue weighted by Crippen LogP contribution is -2.12. The van der Waals surface area contributed by atoms with E-state index in [0.29, 0.717) is 33.0 Å². The van der Waals surface area contributed by atoms with Crippen LogP contribution in [0.1, 0.15) is 0 Å². The summed E-state index contributed by atoms with van der Waals surface area (Å²) in [5.41, 5.74) is -0.234. The molecule has 0 bridgehead atoms. The maximum atomic E-state index is 10.9. The lowest BCUT2D eigenvalue weighted by Gasteiger charge is -2.08. The third-order valence-corrected chi connectivity index (χ3v) is 2.73. The molecule has 0 spiro atoms. The van der Waals surface area contributed by atoms with Crippen molar-refractivity contribution < 1.29 is 23.9 Å². The predicted octanol–water partition coefficient (Wildman–Crippen LogP) is 2.31. The molecule has 0 aromatic heterocycles. The number of hydrogen-bond donors (Lipinski definition) is 0. The van der Waals surface area contributed by atoms with Crippen LogP contribution in [0, 0.1) is 10.1 Å². The molecule has 0 amide bonds. The van der Waals surface area contributed by atoms with Gasteiger partial charge >= 0.3 is 5.69 Å². The van der Waals surface area contributed by atoms with E-state index in [0.717, 1.165) is 0 Å². The maximum Gasteiger partial charge on any atom is 0.329 e. The summed E-state index contributed by atoms with van der Waals surface area (Å²) in [4.78, 5) is 10.3. The molecule has 0 atom stereocenters. The Morgan fingerprint density at radius 2 is 1.71 bits per heavy atom. The van der Waals surface area contributed by atoms with Gasteiger partial charge in [0.05, 0.1) is 38.0 Å². The van der Waals surface area contributed by atoms with E-state index in [1.165, 1.54) is 12.1 Å². The zero-order valence-electron chi connectivity index (χ0n) is 11.7. The first-order valence-electron chi connectivity index (χ1n) is 6.37. The molecule has 118 valence electrons. The van der Waals surface area contributed by atoms with Crippen molar-refractivity contribution in [1.29, 1.82) is 0 Å². The molecule has 8 heteroatoms. The van der Waals surface area contributed by atoms with Crippen molar-refractivity contribution >= 4 is 17.3 Å². The average Bonchev–Trinajstić information content (AvgIpc) is 2.45. The number of hydrogen-bond acceptors (Lipinski definition) is 6. The van der Waals surface area contributed by atoms with E-state index in [1.54, 1.807) is 13.2 Å². The average molecular weight is 320 g/mol. The molecule has 0 N–H and O–H groups in total. The first-order chi connectivity index (χ1) is 10.2. The summed E-state index contributed by atoms with van der Waals surface area (Å²) >= 11 is 5.77. The second kappa shape index (κ2) is 10.3. The van der Waals surface area contributed by atoms with Gasteiger partial charge in [0, 0.05) is 7.11 Å². The molecule has 1 aromatic carbocycles. The van der Waals surface area contributed by atoms with Crippen molar-refractivity contribution in [2.45, 2.75) is 0 Å². The number of benzene rings is 1. The summed E-state index contributed by atoms with van der Waals surface area (Å²) < 4.78 is 20.6. The van der Waals surface area contributed by atoms with Crippen molar-refractivity contribution in [3.8, 4) is 5.75 Å². The summed E-state index contributed by atoms with van der Waals surface area (Å²) in [6.45, 7) is 2.44. The zero-order chi connectivity index (χ0) is 15.5. The van der Waals surface area contributed by atoms with Gasteiger partial charge in [-0.25, -0.2) is 0 Å². The summed E-state index contributed by atoms with van der Waals surface area (Å²) in [7, 11) is 1.60. The monoisotopic (exact) mass is 319 g/mol. The molecule has 0 saturated heterocycles. The topological polar surface area (TPSA) is 80.1 Å². The van der Waals surface area contributed by atoms with Crippen LogP contribution in [0.25, 0.3) is 0 Å². The molecular formula is C13H18ClNO6. The van der Waals surface area contributed by atoms with Crippen LogP contribution in [0.5, 0.6) is 5.75 Å². The molecule has 0 aliphatic carbocycles. The number of para-hydroxylation sites is 1. The Kier molecular flexibility index (Phi) is 8.68. The Hall–Kier alpha value is -1.41. The molecule has 7 nitrogen and oxygen atoms in total. The van der Waals surface area contributed by atoms with Gasteiger partial charge in [-0.3, -0.25) is 10.1 Å². The van der Waals surface area contributed by atoms with Crippen molar-refractivity contribution in [2.75, 3.05) is 46.8 Å². The van der Waals surface area contributed by atoms with E-state index in [9.17, 15) is 10.1 Å². The van der Waals surface area contributed by atoms with Crippen molar-refractivity contribution in [3.63, 3.8) is 0 Å². The summed E-state index contributed by atoms with van der Waals surface area (Å²) in [5, 5.41) is 10.9. The van der Waals surface area contributed by atoms with Gasteiger partial charge < -0.3 is 18.9 Å². The van der Waals surface area contributed by atoms with E-state index < -0.39 is 4.92 Å². The summed E-state index contributed by atoms with van der Waals surface area (Å²) in [6, 6.07) is 4.54. The molecule has 1 aromatic rings. The largest absolute Gasteiger partial charge is 0.484 e. The minimum Gasteiger partial charge on any atom is -0.484 e. The van der Waals surface area contributed by atoms with Gasteiger partial charge in [0.2, 0.25) is 0 Å². The van der Waals surface area contributed by atoms with Crippen molar-refractivity contribution in [2.24, 2.45) is 0 Å². The van der Waals surface area contributed by atoms with Gasteiger partial charge in [-0.2, -0.15) is 0 Å². The highest BCUT2D eigenvalue weighted by Crippen LogP contribution is 2.33. The van der Waals surface area contributed by atoms with Gasteiger partial charge in [-0.1, -0.05) is 17.7 Å². The molecular weight excluding hydrogens is 302 g/mol. The molecule has 1 rings (SSSR count). The van der Waals surface area contributed by atoms with Crippen molar-refractivity contribution in [1.82, 2.24) is 0 Å². The summed E-state index contributed by atoms with van der Waals surface area (Å²) in [5.74, 6) is 0.132. The first kappa shape index (κ1) is 17.6. The molecule has 0 aliphatic heterocycles. The van der Waals surface area contributed by atoms with E-state index >= 15 is 0 Å². The van der Waals surface area contributed by atoms with Crippen LogP contribution in [-0.2, 0) is 14.2 Å². The second-order valence-electron chi connectivity index (χ2n) is 3.91. The van der Waals surface area contributed by atoms with Crippen LogP contribution in [0.2, 0.25) is 5.02 Å². The smallest absolute Gasteiger partial charge is 0.329 e. The number of nitro benzene ring substituents is 1. The number of nitro groups is 1. The van der Waals surface area contributed by atoms with Crippen LogP contribution in [0.15, 0.2) is 18.2 Å². The van der Waals surface area contributed by atoms with Crippen LogP contribution >= 0.6 is 11.6 Å². The SMILES string of the molecule is COCCOCCOCCOc1cccc(Cl)c1[N+](=O)[O-]. The fourth-order valence-electron chi connectivity index (χ4n) is 1.46. The number of ether oxygens (including phenoxy) is 4. The lowest BCUT2D eigenvalue weighted by molar-refractivity contribution is -0.385. The number of halogens is 1. The van der Waals surface area contributed by atoms with E-state index in [4.69, 9.17) is 30.5 Å². The van der Waals surface area contributed by atoms with Crippen LogP contribution in [-0.4, -0.2) is 51.7 Å². The van der Waals surface area contributed by atoms with Gasteiger partial charge in [0.1, 0.15) is 11.6 Å². The fourth-order valence-corrected chi connectivity index (χ4v) is 1.70. The minimum atomic E-state index is -0.567. The molecule has 0 aliphatic rings. The van der Waals surface area contributed by atoms with E-state index in [-0.39, 0.29) is 23.1 Å². The quantitative estimate of drug-likeness (QED) is 0.354. The Morgan fingerprint density at radius 1 is 1.10 bits per heavy atom. The fraction of sp³-hybridized carbons (Fsp3) is 0.538. The maximum absolute atomic E-state index is 10.9. The van der Waals surface area contributed by atoms with E-state index in [1.807, 2.05) is 0 Å². The van der Waals surface area contributed by atoms with Gasteiger partial charge in [-0.15, -0.1) is 0 Å². The lowest BCUT2D eigenvalue weighted by atomic mass is 10.3. The molecule has 0 unspecified atom stereocenters. The highest BCUT2D eigenvalue weighted by molar-refractivity contribution is 6.32. The molecule has 0 radical (unpaired) electrons. The summed E-state index contributed by atoms with van der Waals surface area (Å²) in [6.07, 6.45) is 0. The molecule has 0 heterocycles. The van der Waals surface area contributed by atoms with Crippen LogP contribution < -0.4 is 4.74 Å². The van der Waals surface area contributed by atoms with Crippen LogP contribution in [0.4, 0.5) is 5.69 Å². The van der Waals surface area contributed by atoms with Crippen LogP contribution in [0.3, 0.4) is 0 Å². The number of rotatable bonds is 11. The highest BCUT2D eigenvalue weighted by Gasteiger charge is 2.19. The van der Waals surface area contributed by atoms with Gasteiger partial charge in [0.25, 0.3) is 0 Å². The Bertz CT molecular complexity index is 443. The normalized spacial score (nSPS) is 10.6. The molecule has 21 heavy (non-hydrogen) atoms. The number of methoxy groups -OCH3 is 1.